The Morgan fingerprint density at radius 1 is 0.349 bits per heavy atom. The maximum atomic E-state index is 7.86. The highest BCUT2D eigenvalue weighted by Gasteiger charge is 2.62. The lowest BCUT2D eigenvalue weighted by Crippen LogP contribution is -2.80. The highest BCUT2D eigenvalue weighted by molar-refractivity contribution is 7.20. The molecule has 0 fully saturated rings. The van der Waals surface area contributed by atoms with Crippen molar-refractivity contribution in [1.29, 1.82) is 0 Å². The fourth-order valence-electron chi connectivity index (χ4n) is 11.4. The van der Waals surface area contributed by atoms with E-state index < -0.39 is 18.9 Å². The molecule has 0 spiro atoms. The SMILES string of the molecule is c1ccc(-n2c3c(c4c2[Si](c2ccccc2)(c2ccccc2)c2ccccc2C4(c2ccccc2)c2ccccc2)Oc2ccccc2C3(c2ccccc2)c2ccccc2)cc1. The molecule has 2 aliphatic heterocycles. The molecular weight excluding hydrogens is 779 g/mol. The Labute approximate surface area is 370 Å². The smallest absolute Gasteiger partial charge is 0.200 e. The Hall–Kier alpha value is -7.72. The van der Waals surface area contributed by atoms with Gasteiger partial charge in [0, 0.05) is 22.1 Å². The number of hydrogen-bond donors (Lipinski definition) is 0. The molecule has 0 saturated heterocycles. The maximum absolute atomic E-state index is 7.86. The first-order valence-electron chi connectivity index (χ1n) is 21.9. The Bertz CT molecular complexity index is 3100. The van der Waals surface area contributed by atoms with Crippen molar-refractivity contribution >= 4 is 29.0 Å². The van der Waals surface area contributed by atoms with Crippen LogP contribution in [0.2, 0.25) is 0 Å². The highest BCUT2D eigenvalue weighted by Crippen LogP contribution is 2.61. The summed E-state index contributed by atoms with van der Waals surface area (Å²) in [7, 11) is -3.36. The summed E-state index contributed by atoms with van der Waals surface area (Å²) in [6, 6.07) is 96.6. The number of hydrogen-bond acceptors (Lipinski definition) is 1. The minimum Gasteiger partial charge on any atom is -0.455 e. The molecule has 0 bridgehead atoms. The number of nitrogens with zero attached hydrogens (tertiary/aromatic N) is 1. The van der Waals surface area contributed by atoms with E-state index in [4.69, 9.17) is 4.74 Å². The molecule has 298 valence electrons. The molecule has 0 unspecified atom stereocenters. The van der Waals surface area contributed by atoms with Gasteiger partial charge in [0.05, 0.1) is 16.5 Å². The maximum Gasteiger partial charge on any atom is 0.200 e. The van der Waals surface area contributed by atoms with Crippen molar-refractivity contribution in [1.82, 2.24) is 4.57 Å². The van der Waals surface area contributed by atoms with E-state index in [9.17, 15) is 0 Å². The molecular formula is C60H43NOSi. The van der Waals surface area contributed by atoms with Crippen LogP contribution in [0.25, 0.3) is 5.69 Å². The van der Waals surface area contributed by atoms with Gasteiger partial charge in [0.1, 0.15) is 5.75 Å². The van der Waals surface area contributed by atoms with Gasteiger partial charge < -0.3 is 9.30 Å². The zero-order valence-corrected chi connectivity index (χ0v) is 35.7. The quantitative estimate of drug-likeness (QED) is 0.146. The fourth-order valence-corrected chi connectivity index (χ4v) is 16.8. The first kappa shape index (κ1) is 37.1. The van der Waals surface area contributed by atoms with Crippen LogP contribution in [0.15, 0.2) is 261 Å². The molecule has 0 aliphatic carbocycles. The molecule has 0 saturated carbocycles. The highest BCUT2D eigenvalue weighted by atomic mass is 28.3. The predicted octanol–water partition coefficient (Wildman–Crippen LogP) is 11.0. The second kappa shape index (κ2) is 14.7. The van der Waals surface area contributed by atoms with Gasteiger partial charge in [0.25, 0.3) is 0 Å². The monoisotopic (exact) mass is 821 g/mol. The summed E-state index contributed by atoms with van der Waals surface area (Å²) in [5.74, 6) is 1.75. The zero-order valence-electron chi connectivity index (χ0n) is 34.7. The first-order valence-corrected chi connectivity index (χ1v) is 23.9. The number of rotatable bonds is 7. The third kappa shape index (κ3) is 5.12. The Balaban J connectivity index is 1.44. The second-order valence-electron chi connectivity index (χ2n) is 16.7. The van der Waals surface area contributed by atoms with Gasteiger partial charge in [-0.3, -0.25) is 0 Å². The lowest BCUT2D eigenvalue weighted by Gasteiger charge is -2.49. The zero-order chi connectivity index (χ0) is 41.9. The van der Waals surface area contributed by atoms with E-state index in [2.05, 4.69) is 265 Å². The number of para-hydroxylation sites is 2. The van der Waals surface area contributed by atoms with E-state index >= 15 is 0 Å². The fraction of sp³-hybridized carbons (Fsp3) is 0.0333. The van der Waals surface area contributed by atoms with Crippen LogP contribution in [0.5, 0.6) is 11.5 Å². The van der Waals surface area contributed by atoms with Crippen molar-refractivity contribution in [2.75, 3.05) is 0 Å². The summed E-state index contributed by atoms with van der Waals surface area (Å²) >= 11 is 0. The van der Waals surface area contributed by atoms with Crippen molar-refractivity contribution in [3.63, 3.8) is 0 Å². The normalized spacial score (nSPS) is 14.9. The van der Waals surface area contributed by atoms with Crippen molar-refractivity contribution in [2.24, 2.45) is 0 Å². The van der Waals surface area contributed by atoms with Gasteiger partial charge in [-0.25, -0.2) is 0 Å². The molecule has 0 radical (unpaired) electrons. The number of ether oxygens (including phenoxy) is 1. The van der Waals surface area contributed by atoms with Gasteiger partial charge in [-0.15, -0.1) is 0 Å². The molecule has 9 aromatic carbocycles. The number of aromatic nitrogens is 1. The van der Waals surface area contributed by atoms with Gasteiger partial charge >= 0.3 is 0 Å². The summed E-state index contributed by atoms with van der Waals surface area (Å²) in [6.45, 7) is 0. The minimum atomic E-state index is -3.36. The van der Waals surface area contributed by atoms with E-state index in [1.165, 1.54) is 54.3 Å². The van der Waals surface area contributed by atoms with Crippen LogP contribution in [-0.2, 0) is 10.8 Å². The van der Waals surface area contributed by atoms with E-state index in [1.54, 1.807) is 0 Å². The molecule has 0 N–H and O–H groups in total. The van der Waals surface area contributed by atoms with Crippen LogP contribution in [0.3, 0.4) is 0 Å². The summed E-state index contributed by atoms with van der Waals surface area (Å²) in [6.07, 6.45) is 0. The molecule has 2 aliphatic rings. The van der Waals surface area contributed by atoms with E-state index in [1.807, 2.05) is 0 Å². The summed E-state index contributed by atoms with van der Waals surface area (Å²) in [5, 5.41) is 5.27. The number of benzene rings is 9. The van der Waals surface area contributed by atoms with Crippen LogP contribution < -0.4 is 25.6 Å². The average molecular weight is 822 g/mol. The minimum absolute atomic E-state index is 0.815. The third-order valence-corrected chi connectivity index (χ3v) is 18.5. The van der Waals surface area contributed by atoms with E-state index in [0.717, 1.165) is 28.4 Å². The molecule has 2 nitrogen and oxygen atoms in total. The molecule has 3 heterocycles. The molecule has 10 aromatic rings. The largest absolute Gasteiger partial charge is 0.455 e. The van der Waals surface area contributed by atoms with Crippen molar-refractivity contribution in [3.05, 3.63) is 305 Å². The van der Waals surface area contributed by atoms with Crippen molar-refractivity contribution in [2.45, 2.75) is 10.8 Å². The van der Waals surface area contributed by atoms with E-state index in [-0.39, 0.29) is 0 Å². The van der Waals surface area contributed by atoms with Crippen molar-refractivity contribution in [3.8, 4) is 17.2 Å². The molecule has 12 rings (SSSR count). The average Bonchev–Trinajstić information content (AvgIpc) is 3.72. The number of fused-ring (bicyclic) bond motifs is 5. The van der Waals surface area contributed by atoms with Gasteiger partial charge in [-0.05, 0) is 61.6 Å². The third-order valence-electron chi connectivity index (χ3n) is 13.7. The van der Waals surface area contributed by atoms with Crippen LogP contribution >= 0.6 is 0 Å². The summed E-state index contributed by atoms with van der Waals surface area (Å²) < 4.78 is 10.5. The second-order valence-corrected chi connectivity index (χ2v) is 20.3. The predicted molar refractivity (Wildman–Crippen MR) is 260 cm³/mol. The van der Waals surface area contributed by atoms with Gasteiger partial charge in [-0.2, -0.15) is 0 Å². The molecule has 3 heteroatoms. The van der Waals surface area contributed by atoms with Gasteiger partial charge in [0.15, 0.2) is 5.75 Å². The van der Waals surface area contributed by atoms with Crippen molar-refractivity contribution < 1.29 is 4.74 Å². The lowest BCUT2D eigenvalue weighted by molar-refractivity contribution is 0.421. The Morgan fingerprint density at radius 3 is 1.22 bits per heavy atom. The Kier molecular flexibility index (Phi) is 8.67. The van der Waals surface area contributed by atoms with Gasteiger partial charge in [0.2, 0.25) is 8.07 Å². The molecule has 0 atom stereocenters. The Morgan fingerprint density at radius 2 is 0.730 bits per heavy atom. The van der Waals surface area contributed by atoms with Crippen LogP contribution in [-0.4, -0.2) is 12.6 Å². The summed E-state index contributed by atoms with van der Waals surface area (Å²) in [4.78, 5) is 0. The van der Waals surface area contributed by atoms with Crippen LogP contribution in [0, 0.1) is 0 Å². The topological polar surface area (TPSA) is 14.2 Å². The first-order chi connectivity index (χ1) is 31.3. The molecule has 1 aromatic heterocycles. The van der Waals surface area contributed by atoms with Crippen LogP contribution in [0.4, 0.5) is 0 Å². The van der Waals surface area contributed by atoms with E-state index in [0.29, 0.717) is 0 Å². The van der Waals surface area contributed by atoms with Gasteiger partial charge in [-0.1, -0.05) is 243 Å². The molecule has 0 amide bonds. The standard InChI is InChI=1S/C60H43NOSi/c1-8-26-44(27-9-1)59(45-28-10-2-11-29-45)52-41-23-25-43-54(52)63(49-36-18-6-19-37-49,50-38-20-7-21-39-50)58-55(59)56-57(61(58)48-34-16-5-17-35-48)60(46-30-12-3-13-31-46,47-32-14-4-15-33-47)51-40-22-24-42-53(51)62-56/h1-43H. The molecule has 63 heavy (non-hydrogen) atoms. The lowest BCUT2D eigenvalue weighted by atomic mass is 9.62. The summed E-state index contributed by atoms with van der Waals surface area (Å²) in [5.41, 5.74) is 8.85. The van der Waals surface area contributed by atoms with Crippen LogP contribution in [0.1, 0.15) is 44.6 Å².